The molecule has 144 valence electrons. The van der Waals surface area contributed by atoms with Gasteiger partial charge in [-0.2, -0.15) is 5.26 Å². The molecule has 0 radical (unpaired) electrons. The Kier molecular flexibility index (Phi) is 7.82. The van der Waals surface area contributed by atoms with Crippen LogP contribution in [0.4, 0.5) is 10.5 Å². The largest absolute Gasteiger partial charge is 0.478 e. The number of rotatable bonds is 7. The van der Waals surface area contributed by atoms with Crippen LogP contribution in [-0.2, 0) is 9.53 Å². The number of hydrogen-bond donors (Lipinski definition) is 4. The Morgan fingerprint density at radius 1 is 1.19 bits per heavy atom. The van der Waals surface area contributed by atoms with Gasteiger partial charge >= 0.3 is 12.1 Å². The fourth-order valence-corrected chi connectivity index (χ4v) is 1.77. The van der Waals surface area contributed by atoms with Gasteiger partial charge in [-0.1, -0.05) is 0 Å². The van der Waals surface area contributed by atoms with E-state index in [1.54, 1.807) is 26.8 Å². The summed E-state index contributed by atoms with van der Waals surface area (Å²) in [4.78, 5) is 34.3. The summed E-state index contributed by atoms with van der Waals surface area (Å²) in [5, 5.41) is 25.7. The highest BCUT2D eigenvalue weighted by Gasteiger charge is 2.15. The van der Waals surface area contributed by atoms with Crippen molar-refractivity contribution in [3.8, 4) is 6.07 Å². The molecule has 0 atom stereocenters. The zero-order valence-electron chi connectivity index (χ0n) is 15.3. The molecule has 9 heteroatoms. The van der Waals surface area contributed by atoms with Gasteiger partial charge in [0.05, 0.1) is 5.56 Å². The Morgan fingerprint density at radius 2 is 1.81 bits per heavy atom. The highest BCUT2D eigenvalue weighted by molar-refractivity contribution is 6.06. The number of carboxylic acids is 1. The van der Waals surface area contributed by atoms with Crippen LogP contribution in [0.1, 0.15) is 31.1 Å². The molecular weight excluding hydrogens is 352 g/mol. The Balaban J connectivity index is 2.47. The third-order valence-electron chi connectivity index (χ3n) is 2.94. The van der Waals surface area contributed by atoms with Crippen LogP contribution in [0, 0.1) is 11.3 Å². The standard InChI is InChI=1S/C18H22N4O5/c1-18(2,3)27-17(26)21-9-8-20-11-13(10-19)15(23)22-14-6-4-12(5-7-14)16(24)25/h4-7,11,20H,8-9H2,1-3H3,(H,21,26)(H,22,23)(H,24,25)/b13-11-. The van der Waals surface area contributed by atoms with Crippen LogP contribution in [-0.4, -0.2) is 41.8 Å². The van der Waals surface area contributed by atoms with Crippen molar-refractivity contribution in [1.29, 1.82) is 5.26 Å². The van der Waals surface area contributed by atoms with Gasteiger partial charge < -0.3 is 25.8 Å². The Labute approximate surface area is 157 Å². The van der Waals surface area contributed by atoms with Crippen molar-refractivity contribution in [2.24, 2.45) is 0 Å². The molecule has 0 saturated heterocycles. The number of ether oxygens (including phenoxy) is 1. The Morgan fingerprint density at radius 3 is 2.33 bits per heavy atom. The van der Waals surface area contributed by atoms with Crippen molar-refractivity contribution in [1.82, 2.24) is 10.6 Å². The number of aromatic carboxylic acids is 1. The van der Waals surface area contributed by atoms with E-state index >= 15 is 0 Å². The predicted octanol–water partition coefficient (Wildman–Crippen LogP) is 1.85. The monoisotopic (exact) mass is 374 g/mol. The molecule has 0 bridgehead atoms. The molecule has 0 aliphatic heterocycles. The molecule has 27 heavy (non-hydrogen) atoms. The Hall–Kier alpha value is -3.54. The number of carbonyl (C=O) groups excluding carboxylic acids is 2. The molecule has 0 heterocycles. The van der Waals surface area contributed by atoms with Gasteiger partial charge in [0.15, 0.2) is 0 Å². The van der Waals surface area contributed by atoms with Gasteiger partial charge in [0.1, 0.15) is 17.2 Å². The average molecular weight is 374 g/mol. The van der Waals surface area contributed by atoms with Gasteiger partial charge in [0.25, 0.3) is 5.91 Å². The number of alkyl carbamates (subject to hydrolysis) is 1. The summed E-state index contributed by atoms with van der Waals surface area (Å²) in [6.45, 7) is 5.77. The van der Waals surface area contributed by atoms with E-state index in [-0.39, 0.29) is 24.2 Å². The first-order valence-electron chi connectivity index (χ1n) is 8.07. The van der Waals surface area contributed by atoms with Gasteiger partial charge in [-0.3, -0.25) is 4.79 Å². The lowest BCUT2D eigenvalue weighted by atomic mass is 10.2. The quantitative estimate of drug-likeness (QED) is 0.324. The molecule has 1 aromatic carbocycles. The average Bonchev–Trinajstić information content (AvgIpc) is 2.56. The van der Waals surface area contributed by atoms with Crippen LogP contribution in [0.3, 0.4) is 0 Å². The Bertz CT molecular complexity index is 757. The first-order valence-corrected chi connectivity index (χ1v) is 8.07. The number of carboxylic acid groups (broad SMARTS) is 1. The molecule has 9 nitrogen and oxygen atoms in total. The van der Waals surface area contributed by atoms with E-state index in [0.717, 1.165) is 0 Å². The van der Waals surface area contributed by atoms with Gasteiger partial charge in [-0.25, -0.2) is 9.59 Å². The molecule has 0 aliphatic rings. The van der Waals surface area contributed by atoms with E-state index in [2.05, 4.69) is 16.0 Å². The normalized spacial score (nSPS) is 11.1. The summed E-state index contributed by atoms with van der Waals surface area (Å²) in [5.41, 5.74) is -0.317. The highest BCUT2D eigenvalue weighted by atomic mass is 16.6. The molecule has 0 fully saturated rings. The minimum absolute atomic E-state index is 0.0863. The number of benzene rings is 1. The predicted molar refractivity (Wildman–Crippen MR) is 98.0 cm³/mol. The van der Waals surface area contributed by atoms with Crippen molar-refractivity contribution in [2.75, 3.05) is 18.4 Å². The van der Waals surface area contributed by atoms with E-state index < -0.39 is 23.6 Å². The molecule has 2 amide bonds. The van der Waals surface area contributed by atoms with Gasteiger partial charge in [0.2, 0.25) is 0 Å². The molecule has 0 aromatic heterocycles. The minimum atomic E-state index is -1.07. The molecule has 4 N–H and O–H groups in total. The number of nitriles is 1. The summed E-state index contributed by atoms with van der Waals surface area (Å²) in [5.74, 6) is -1.72. The SMILES string of the molecule is CC(C)(C)OC(=O)NCCN/C=C(/C#N)C(=O)Nc1ccc(C(=O)O)cc1. The molecule has 0 spiro atoms. The zero-order valence-corrected chi connectivity index (χ0v) is 15.3. The fraction of sp³-hybridized carbons (Fsp3) is 0.333. The smallest absolute Gasteiger partial charge is 0.407 e. The van der Waals surface area contributed by atoms with Crippen LogP contribution < -0.4 is 16.0 Å². The summed E-state index contributed by atoms with van der Waals surface area (Å²) in [7, 11) is 0. The van der Waals surface area contributed by atoms with Gasteiger partial charge in [-0.05, 0) is 45.0 Å². The van der Waals surface area contributed by atoms with Crippen molar-refractivity contribution < 1.29 is 24.2 Å². The van der Waals surface area contributed by atoms with Crippen molar-refractivity contribution >= 4 is 23.7 Å². The second-order valence-electron chi connectivity index (χ2n) is 6.39. The number of nitrogens with zero attached hydrogens (tertiary/aromatic N) is 1. The number of amides is 2. The number of carbonyl (C=O) groups is 3. The van der Waals surface area contributed by atoms with Gasteiger partial charge in [-0.15, -0.1) is 0 Å². The number of anilines is 1. The van der Waals surface area contributed by atoms with E-state index in [1.807, 2.05) is 0 Å². The van der Waals surface area contributed by atoms with Crippen LogP contribution >= 0.6 is 0 Å². The second-order valence-corrected chi connectivity index (χ2v) is 6.39. The second kappa shape index (κ2) is 9.82. The summed E-state index contributed by atoms with van der Waals surface area (Å²) in [6, 6.07) is 7.30. The summed E-state index contributed by atoms with van der Waals surface area (Å²) < 4.78 is 5.07. The van der Waals surface area contributed by atoms with E-state index in [9.17, 15) is 14.4 Å². The van der Waals surface area contributed by atoms with E-state index in [4.69, 9.17) is 15.1 Å². The highest BCUT2D eigenvalue weighted by Crippen LogP contribution is 2.10. The molecule has 0 saturated carbocycles. The van der Waals surface area contributed by atoms with Gasteiger partial charge in [0, 0.05) is 25.0 Å². The fourth-order valence-electron chi connectivity index (χ4n) is 1.77. The van der Waals surface area contributed by atoms with E-state index in [1.165, 1.54) is 30.5 Å². The number of nitrogens with one attached hydrogen (secondary N) is 3. The molecule has 1 rings (SSSR count). The van der Waals surface area contributed by atoms with Crippen LogP contribution in [0.25, 0.3) is 0 Å². The van der Waals surface area contributed by atoms with Crippen molar-refractivity contribution in [3.63, 3.8) is 0 Å². The van der Waals surface area contributed by atoms with E-state index in [0.29, 0.717) is 5.69 Å². The molecule has 0 unspecified atom stereocenters. The third kappa shape index (κ3) is 8.40. The minimum Gasteiger partial charge on any atom is -0.478 e. The van der Waals surface area contributed by atoms with Crippen LogP contribution in [0.5, 0.6) is 0 Å². The number of hydrogen-bond acceptors (Lipinski definition) is 6. The summed E-state index contributed by atoms with van der Waals surface area (Å²) >= 11 is 0. The van der Waals surface area contributed by atoms with Crippen LogP contribution in [0.2, 0.25) is 0 Å². The summed E-state index contributed by atoms with van der Waals surface area (Å²) in [6.07, 6.45) is 0.675. The maximum Gasteiger partial charge on any atom is 0.407 e. The third-order valence-corrected chi connectivity index (χ3v) is 2.94. The molecule has 0 aliphatic carbocycles. The topological polar surface area (TPSA) is 141 Å². The van der Waals surface area contributed by atoms with Crippen molar-refractivity contribution in [2.45, 2.75) is 26.4 Å². The first-order chi connectivity index (χ1) is 12.6. The lowest BCUT2D eigenvalue weighted by Crippen LogP contribution is -2.35. The maximum absolute atomic E-state index is 12.0. The lowest BCUT2D eigenvalue weighted by Gasteiger charge is -2.19. The molecule has 1 aromatic rings. The first kappa shape index (κ1) is 21.5. The lowest BCUT2D eigenvalue weighted by molar-refractivity contribution is -0.112. The van der Waals surface area contributed by atoms with Crippen molar-refractivity contribution in [3.05, 3.63) is 41.6 Å². The van der Waals surface area contributed by atoms with Crippen LogP contribution in [0.15, 0.2) is 36.0 Å². The zero-order chi connectivity index (χ0) is 20.4. The molecular formula is C18H22N4O5. The maximum atomic E-state index is 12.0.